The first-order chi connectivity index (χ1) is 10.2. The molecule has 1 fully saturated rings. The second kappa shape index (κ2) is 6.22. The van der Waals surface area contributed by atoms with Gasteiger partial charge in [0.1, 0.15) is 5.75 Å². The van der Waals surface area contributed by atoms with Gasteiger partial charge in [0, 0.05) is 6.54 Å². The minimum absolute atomic E-state index is 0.121. The zero-order chi connectivity index (χ0) is 14.7. The number of aromatic carboxylic acids is 1. The van der Waals surface area contributed by atoms with Gasteiger partial charge < -0.3 is 9.84 Å². The predicted octanol–water partition coefficient (Wildman–Crippen LogP) is 3.13. The summed E-state index contributed by atoms with van der Waals surface area (Å²) in [4.78, 5) is 11.5. The van der Waals surface area contributed by atoms with Crippen LogP contribution in [0.15, 0.2) is 36.5 Å². The summed E-state index contributed by atoms with van der Waals surface area (Å²) in [6, 6.07) is 9.14. The van der Waals surface area contributed by atoms with Gasteiger partial charge in [0.25, 0.3) is 0 Å². The first-order valence-electron chi connectivity index (χ1n) is 6.84. The van der Waals surface area contributed by atoms with Gasteiger partial charge in [-0.2, -0.15) is 16.9 Å². The largest absolute Gasteiger partial charge is 0.476 e. The van der Waals surface area contributed by atoms with Crippen molar-refractivity contribution in [2.75, 3.05) is 11.5 Å². The lowest BCUT2D eigenvalue weighted by molar-refractivity contribution is 0.0679. The highest BCUT2D eigenvalue weighted by molar-refractivity contribution is 7.99. The molecule has 1 aliphatic heterocycles. The average molecular weight is 304 g/mol. The van der Waals surface area contributed by atoms with E-state index >= 15 is 0 Å². The Morgan fingerprint density at radius 3 is 2.90 bits per heavy atom. The monoisotopic (exact) mass is 304 g/mol. The van der Waals surface area contributed by atoms with Crippen molar-refractivity contribution in [3.8, 4) is 11.5 Å². The number of hydrogen-bond donors (Lipinski definition) is 1. The highest BCUT2D eigenvalue weighted by atomic mass is 32.2. The smallest absolute Gasteiger partial charge is 0.358 e. The van der Waals surface area contributed by atoms with E-state index < -0.39 is 5.97 Å². The molecule has 0 spiro atoms. The molecule has 0 aliphatic carbocycles. The molecular formula is C15H16N2O3S. The fourth-order valence-corrected chi connectivity index (χ4v) is 3.66. The van der Waals surface area contributed by atoms with Gasteiger partial charge in [-0.25, -0.2) is 4.79 Å². The number of ether oxygens (including phenoxy) is 1. The number of hydrogen-bond acceptors (Lipinski definition) is 4. The van der Waals surface area contributed by atoms with Gasteiger partial charge in [-0.05, 0) is 36.0 Å². The molecule has 5 nitrogen and oxygen atoms in total. The fourth-order valence-electron chi connectivity index (χ4n) is 2.38. The molecule has 3 rings (SSSR count). The molecule has 110 valence electrons. The number of benzene rings is 1. The number of para-hydroxylation sites is 1. The Hall–Kier alpha value is -1.95. The van der Waals surface area contributed by atoms with E-state index in [1.807, 2.05) is 30.0 Å². The van der Waals surface area contributed by atoms with Gasteiger partial charge in [0.15, 0.2) is 11.4 Å². The zero-order valence-electron chi connectivity index (χ0n) is 11.4. The summed E-state index contributed by atoms with van der Waals surface area (Å²) < 4.78 is 7.20. The van der Waals surface area contributed by atoms with Crippen LogP contribution in [-0.2, 0) is 6.54 Å². The fraction of sp³-hybridized carbons (Fsp3) is 0.333. The third-order valence-corrected chi connectivity index (χ3v) is 4.67. The van der Waals surface area contributed by atoms with E-state index in [4.69, 9.17) is 4.74 Å². The minimum Gasteiger partial charge on any atom is -0.476 e. The van der Waals surface area contributed by atoms with E-state index in [-0.39, 0.29) is 5.69 Å². The van der Waals surface area contributed by atoms with Crippen LogP contribution in [-0.4, -0.2) is 32.4 Å². The van der Waals surface area contributed by atoms with Gasteiger partial charge in [-0.15, -0.1) is 0 Å². The molecule has 0 amide bonds. The molecule has 0 radical (unpaired) electrons. The van der Waals surface area contributed by atoms with Crippen molar-refractivity contribution in [3.05, 3.63) is 42.2 Å². The highest BCUT2D eigenvalue weighted by Crippen LogP contribution is 2.28. The second-order valence-electron chi connectivity index (χ2n) is 4.99. The maximum absolute atomic E-state index is 11.5. The van der Waals surface area contributed by atoms with E-state index in [0.29, 0.717) is 24.0 Å². The van der Waals surface area contributed by atoms with Crippen LogP contribution in [0.5, 0.6) is 11.5 Å². The van der Waals surface area contributed by atoms with Crippen LogP contribution >= 0.6 is 11.8 Å². The molecule has 2 aromatic rings. The summed E-state index contributed by atoms with van der Waals surface area (Å²) in [6.07, 6.45) is 2.59. The van der Waals surface area contributed by atoms with E-state index in [0.717, 1.165) is 17.9 Å². The van der Waals surface area contributed by atoms with Crippen LogP contribution in [0.25, 0.3) is 0 Å². The maximum atomic E-state index is 11.5. The number of aromatic nitrogens is 2. The summed E-state index contributed by atoms with van der Waals surface area (Å²) in [7, 11) is 0. The predicted molar refractivity (Wildman–Crippen MR) is 81.1 cm³/mol. The maximum Gasteiger partial charge on any atom is 0.358 e. The van der Waals surface area contributed by atoms with Gasteiger partial charge in [0.05, 0.1) is 6.20 Å². The number of rotatable bonds is 5. The van der Waals surface area contributed by atoms with Crippen LogP contribution in [0.2, 0.25) is 0 Å². The first-order valence-corrected chi connectivity index (χ1v) is 7.99. The summed E-state index contributed by atoms with van der Waals surface area (Å²) in [5.41, 5.74) is 0.121. The summed E-state index contributed by atoms with van der Waals surface area (Å²) in [5, 5.41) is 13.6. The summed E-state index contributed by atoms with van der Waals surface area (Å²) >= 11 is 1.91. The Kier molecular flexibility index (Phi) is 4.15. The third kappa shape index (κ3) is 3.21. The van der Waals surface area contributed by atoms with E-state index in [2.05, 4.69) is 5.10 Å². The first kappa shape index (κ1) is 14.0. The molecule has 21 heavy (non-hydrogen) atoms. The van der Waals surface area contributed by atoms with E-state index in [1.165, 1.54) is 6.20 Å². The number of carbonyl (C=O) groups is 1. The van der Waals surface area contributed by atoms with Crippen LogP contribution in [0.3, 0.4) is 0 Å². The number of carboxylic acids is 1. The van der Waals surface area contributed by atoms with E-state index in [9.17, 15) is 9.90 Å². The SMILES string of the molecule is O=C(O)c1c(Oc2ccccc2)cnn1CC1CCSC1. The van der Waals surface area contributed by atoms with Crippen LogP contribution in [0.4, 0.5) is 0 Å². The van der Waals surface area contributed by atoms with Crippen molar-refractivity contribution in [2.45, 2.75) is 13.0 Å². The van der Waals surface area contributed by atoms with Gasteiger partial charge >= 0.3 is 5.97 Å². The molecule has 2 heterocycles. The molecule has 1 saturated heterocycles. The quantitative estimate of drug-likeness (QED) is 0.919. The van der Waals surface area contributed by atoms with Crippen molar-refractivity contribution in [1.82, 2.24) is 9.78 Å². The summed E-state index contributed by atoms with van der Waals surface area (Å²) in [6.45, 7) is 0.632. The molecule has 1 aromatic heterocycles. The Bertz CT molecular complexity index is 621. The van der Waals surface area contributed by atoms with Crippen molar-refractivity contribution < 1.29 is 14.6 Å². The standard InChI is InChI=1S/C15H16N2O3S/c18-15(19)14-13(20-12-4-2-1-3-5-12)8-16-17(14)9-11-6-7-21-10-11/h1-5,8,11H,6-7,9-10H2,(H,18,19). The molecule has 1 aromatic carbocycles. The molecule has 6 heteroatoms. The van der Waals surface area contributed by atoms with E-state index in [1.54, 1.807) is 16.8 Å². The highest BCUT2D eigenvalue weighted by Gasteiger charge is 2.23. The van der Waals surface area contributed by atoms with Crippen LogP contribution < -0.4 is 4.74 Å². The Morgan fingerprint density at radius 1 is 1.43 bits per heavy atom. The zero-order valence-corrected chi connectivity index (χ0v) is 12.3. The molecule has 1 unspecified atom stereocenters. The topological polar surface area (TPSA) is 64.3 Å². The number of thioether (sulfide) groups is 1. The minimum atomic E-state index is -1.01. The summed E-state index contributed by atoms with van der Waals surface area (Å²) in [5.74, 6) is 2.58. The van der Waals surface area contributed by atoms with Crippen LogP contribution in [0, 0.1) is 5.92 Å². The Morgan fingerprint density at radius 2 is 2.24 bits per heavy atom. The third-order valence-electron chi connectivity index (χ3n) is 3.43. The Labute approximate surface area is 126 Å². The van der Waals surface area contributed by atoms with Gasteiger partial charge in [-0.3, -0.25) is 4.68 Å². The van der Waals surface area contributed by atoms with Crippen molar-refractivity contribution >= 4 is 17.7 Å². The Balaban J connectivity index is 1.83. The van der Waals surface area contributed by atoms with Crippen molar-refractivity contribution in [3.63, 3.8) is 0 Å². The lowest BCUT2D eigenvalue weighted by Crippen LogP contribution is -2.16. The molecule has 1 N–H and O–H groups in total. The molecule has 1 aliphatic rings. The molecule has 0 bridgehead atoms. The number of carboxylic acid groups (broad SMARTS) is 1. The molecule has 1 atom stereocenters. The lowest BCUT2D eigenvalue weighted by Gasteiger charge is -2.10. The molecule has 0 saturated carbocycles. The van der Waals surface area contributed by atoms with Crippen LogP contribution in [0.1, 0.15) is 16.9 Å². The van der Waals surface area contributed by atoms with Gasteiger partial charge in [-0.1, -0.05) is 18.2 Å². The normalized spacial score (nSPS) is 17.8. The van der Waals surface area contributed by atoms with Gasteiger partial charge in [0.2, 0.25) is 0 Å². The van der Waals surface area contributed by atoms with Crippen molar-refractivity contribution in [1.29, 1.82) is 0 Å². The second-order valence-corrected chi connectivity index (χ2v) is 6.14. The average Bonchev–Trinajstić information content (AvgIpc) is 3.11. The number of nitrogens with zero attached hydrogens (tertiary/aromatic N) is 2. The van der Waals surface area contributed by atoms with Crippen molar-refractivity contribution in [2.24, 2.45) is 5.92 Å². The molecular weight excluding hydrogens is 288 g/mol. The lowest BCUT2D eigenvalue weighted by atomic mass is 10.1.